The van der Waals surface area contributed by atoms with Crippen molar-refractivity contribution in [1.29, 1.82) is 0 Å². The lowest BCUT2D eigenvalue weighted by Gasteiger charge is -2.05. The lowest BCUT2D eigenvalue weighted by Crippen LogP contribution is -1.96. The van der Waals surface area contributed by atoms with E-state index in [2.05, 4.69) is 27.8 Å². The van der Waals surface area contributed by atoms with Crippen LogP contribution in [0.3, 0.4) is 0 Å². The van der Waals surface area contributed by atoms with Gasteiger partial charge in [0.2, 0.25) is 0 Å². The molecule has 0 saturated carbocycles. The zero-order chi connectivity index (χ0) is 12.8. The second-order valence-electron chi connectivity index (χ2n) is 3.87. The number of rotatable bonds is 2. The summed E-state index contributed by atoms with van der Waals surface area (Å²) in [6.45, 7) is 2.42. The van der Waals surface area contributed by atoms with Gasteiger partial charge in [0, 0.05) is 10.0 Å². The molecule has 0 saturated heterocycles. The van der Waals surface area contributed by atoms with E-state index in [1.54, 1.807) is 0 Å². The van der Waals surface area contributed by atoms with Crippen molar-refractivity contribution >= 4 is 15.9 Å². The molecule has 0 amide bonds. The Balaban J connectivity index is 1.97. The lowest BCUT2D eigenvalue weighted by molar-refractivity contribution is 0.367. The molecule has 1 nitrogen and oxygen atoms in total. The molecule has 0 unspecified atom stereocenters. The third-order valence-electron chi connectivity index (χ3n) is 2.46. The summed E-state index contributed by atoms with van der Waals surface area (Å²) >= 11 is 3.43. The number of aryl methyl sites for hydroxylation is 1. The molecule has 0 aliphatic heterocycles. The van der Waals surface area contributed by atoms with E-state index in [0.29, 0.717) is 6.61 Å². The number of hydrogen-bond acceptors (Lipinski definition) is 1. The fourth-order valence-corrected chi connectivity index (χ4v) is 1.84. The maximum absolute atomic E-state index is 5.64. The molecule has 18 heavy (non-hydrogen) atoms. The van der Waals surface area contributed by atoms with Gasteiger partial charge in [0.05, 0.1) is 0 Å². The Hall–Kier alpha value is -1.72. The molecule has 90 valence electrons. The Morgan fingerprint density at radius 1 is 1.11 bits per heavy atom. The first-order valence-electron chi connectivity index (χ1n) is 5.68. The van der Waals surface area contributed by atoms with Crippen LogP contribution in [0.15, 0.2) is 53.0 Å². The number of benzene rings is 2. The Morgan fingerprint density at radius 3 is 2.67 bits per heavy atom. The molecule has 0 aliphatic rings. The summed E-state index contributed by atoms with van der Waals surface area (Å²) in [5.41, 5.74) is 2.12. The quantitative estimate of drug-likeness (QED) is 0.756. The van der Waals surface area contributed by atoms with Crippen LogP contribution in [0.4, 0.5) is 0 Å². The Bertz CT molecular complexity index is 579. The van der Waals surface area contributed by atoms with Gasteiger partial charge >= 0.3 is 0 Å². The van der Waals surface area contributed by atoms with Crippen molar-refractivity contribution in [3.05, 3.63) is 64.1 Å². The highest BCUT2D eigenvalue weighted by Gasteiger charge is 1.98. The molecular weight excluding hydrogens is 288 g/mol. The van der Waals surface area contributed by atoms with Crippen LogP contribution in [0.5, 0.6) is 5.75 Å². The first kappa shape index (κ1) is 12.7. The molecule has 0 radical (unpaired) electrons. The van der Waals surface area contributed by atoms with Crippen molar-refractivity contribution in [3.8, 4) is 17.6 Å². The highest BCUT2D eigenvalue weighted by Crippen LogP contribution is 2.22. The largest absolute Gasteiger partial charge is 0.481 e. The zero-order valence-electron chi connectivity index (χ0n) is 10.1. The number of ether oxygens (including phenoxy) is 1. The third-order valence-corrected chi connectivity index (χ3v) is 2.95. The molecule has 0 bridgehead atoms. The molecule has 2 rings (SSSR count). The summed E-state index contributed by atoms with van der Waals surface area (Å²) in [5, 5.41) is 0. The fourth-order valence-electron chi connectivity index (χ4n) is 1.50. The van der Waals surface area contributed by atoms with Gasteiger partial charge in [-0.2, -0.15) is 0 Å². The molecular formula is C16H13BrO. The van der Waals surface area contributed by atoms with Crippen LogP contribution in [0, 0.1) is 18.8 Å². The van der Waals surface area contributed by atoms with Crippen LogP contribution in [0.1, 0.15) is 11.1 Å². The molecule has 0 atom stereocenters. The average Bonchev–Trinajstić information content (AvgIpc) is 2.40. The SMILES string of the molecule is Cc1ccc(Br)cc1OCC#Cc1ccccc1. The number of halogens is 1. The molecule has 0 heterocycles. The minimum atomic E-state index is 0.395. The minimum absolute atomic E-state index is 0.395. The fraction of sp³-hybridized carbons (Fsp3) is 0.125. The molecule has 0 fully saturated rings. The zero-order valence-corrected chi connectivity index (χ0v) is 11.7. The second-order valence-corrected chi connectivity index (χ2v) is 4.78. The van der Waals surface area contributed by atoms with Crippen LogP contribution < -0.4 is 4.74 Å². The van der Waals surface area contributed by atoms with Gasteiger partial charge in [-0.25, -0.2) is 0 Å². The molecule has 2 aromatic carbocycles. The second kappa shape index (κ2) is 6.28. The first-order chi connectivity index (χ1) is 8.75. The molecule has 0 aliphatic carbocycles. The highest BCUT2D eigenvalue weighted by atomic mass is 79.9. The Kier molecular flexibility index (Phi) is 4.44. The van der Waals surface area contributed by atoms with Crippen LogP contribution in [-0.2, 0) is 0 Å². The summed E-state index contributed by atoms with van der Waals surface area (Å²) < 4.78 is 6.65. The topological polar surface area (TPSA) is 9.23 Å². The van der Waals surface area contributed by atoms with Gasteiger partial charge in [0.1, 0.15) is 12.4 Å². The Morgan fingerprint density at radius 2 is 1.89 bits per heavy atom. The van der Waals surface area contributed by atoms with Crippen molar-refractivity contribution in [1.82, 2.24) is 0 Å². The van der Waals surface area contributed by atoms with Crippen molar-refractivity contribution in [2.24, 2.45) is 0 Å². The lowest BCUT2D eigenvalue weighted by atomic mass is 10.2. The monoisotopic (exact) mass is 300 g/mol. The summed E-state index contributed by atoms with van der Waals surface area (Å²) in [7, 11) is 0. The van der Waals surface area contributed by atoms with Gasteiger partial charge in [0.25, 0.3) is 0 Å². The van der Waals surface area contributed by atoms with Crippen LogP contribution in [-0.4, -0.2) is 6.61 Å². The predicted molar refractivity (Wildman–Crippen MR) is 77.7 cm³/mol. The summed E-state index contributed by atoms with van der Waals surface area (Å²) in [5.74, 6) is 6.94. The van der Waals surface area contributed by atoms with Crippen LogP contribution in [0.25, 0.3) is 0 Å². The minimum Gasteiger partial charge on any atom is -0.481 e. The maximum Gasteiger partial charge on any atom is 0.149 e. The van der Waals surface area contributed by atoms with Gasteiger partial charge < -0.3 is 4.74 Å². The van der Waals surface area contributed by atoms with Crippen molar-refractivity contribution in [3.63, 3.8) is 0 Å². The van der Waals surface area contributed by atoms with Gasteiger partial charge in [-0.3, -0.25) is 0 Å². The van der Waals surface area contributed by atoms with Crippen molar-refractivity contribution in [2.45, 2.75) is 6.92 Å². The van der Waals surface area contributed by atoms with Gasteiger partial charge in [-0.15, -0.1) is 0 Å². The van der Waals surface area contributed by atoms with Crippen molar-refractivity contribution < 1.29 is 4.74 Å². The molecule has 0 aromatic heterocycles. The van der Waals surface area contributed by atoms with Gasteiger partial charge in [-0.05, 0) is 36.8 Å². The van der Waals surface area contributed by atoms with Gasteiger partial charge in [-0.1, -0.05) is 52.0 Å². The smallest absolute Gasteiger partial charge is 0.149 e. The van der Waals surface area contributed by atoms with E-state index in [1.807, 2.05) is 55.5 Å². The normalized spacial score (nSPS) is 9.44. The van der Waals surface area contributed by atoms with E-state index in [9.17, 15) is 0 Å². The summed E-state index contributed by atoms with van der Waals surface area (Å²) in [6, 6.07) is 15.9. The predicted octanol–water partition coefficient (Wildman–Crippen LogP) is 4.19. The average molecular weight is 301 g/mol. The summed E-state index contributed by atoms with van der Waals surface area (Å²) in [6.07, 6.45) is 0. The number of hydrogen-bond donors (Lipinski definition) is 0. The highest BCUT2D eigenvalue weighted by molar-refractivity contribution is 9.10. The summed E-state index contributed by atoms with van der Waals surface area (Å²) in [4.78, 5) is 0. The molecule has 2 heteroatoms. The molecule has 0 spiro atoms. The van der Waals surface area contributed by atoms with E-state index in [1.165, 1.54) is 0 Å². The van der Waals surface area contributed by atoms with Crippen LogP contribution in [0.2, 0.25) is 0 Å². The van der Waals surface area contributed by atoms with Crippen LogP contribution >= 0.6 is 15.9 Å². The standard InChI is InChI=1S/C16H13BrO/c1-13-9-10-15(17)12-16(13)18-11-5-8-14-6-3-2-4-7-14/h2-4,6-7,9-10,12H,11H2,1H3. The van der Waals surface area contributed by atoms with E-state index in [-0.39, 0.29) is 0 Å². The van der Waals surface area contributed by atoms with E-state index in [0.717, 1.165) is 21.3 Å². The molecule has 0 N–H and O–H groups in total. The van der Waals surface area contributed by atoms with E-state index < -0.39 is 0 Å². The third kappa shape index (κ3) is 3.65. The van der Waals surface area contributed by atoms with E-state index >= 15 is 0 Å². The van der Waals surface area contributed by atoms with E-state index in [4.69, 9.17) is 4.74 Å². The van der Waals surface area contributed by atoms with Crippen molar-refractivity contribution in [2.75, 3.05) is 6.61 Å². The Labute approximate surface area is 116 Å². The maximum atomic E-state index is 5.64. The molecule has 2 aromatic rings. The van der Waals surface area contributed by atoms with Gasteiger partial charge in [0.15, 0.2) is 0 Å². The first-order valence-corrected chi connectivity index (χ1v) is 6.48.